The molecular formula is C33H45N3O5Si. The van der Waals surface area contributed by atoms with Crippen LogP contribution in [0.2, 0.25) is 18.1 Å². The zero-order chi connectivity index (χ0) is 30.5. The third-order valence-electron chi connectivity index (χ3n) is 7.79. The van der Waals surface area contributed by atoms with E-state index in [2.05, 4.69) is 43.9 Å². The van der Waals surface area contributed by atoms with E-state index in [-0.39, 0.29) is 38.0 Å². The first-order valence-corrected chi connectivity index (χ1v) is 17.3. The van der Waals surface area contributed by atoms with Crippen molar-refractivity contribution in [1.82, 2.24) is 0 Å². The van der Waals surface area contributed by atoms with Crippen molar-refractivity contribution >= 4 is 8.32 Å². The first kappa shape index (κ1) is 33.5. The molecule has 1 N–H and O–H groups in total. The van der Waals surface area contributed by atoms with Crippen molar-refractivity contribution < 1.29 is 23.7 Å². The molecule has 0 aliphatic rings. The van der Waals surface area contributed by atoms with Crippen molar-refractivity contribution in [3.05, 3.63) is 118 Å². The number of aliphatic hydroxyl groups excluding tert-OH is 1. The Morgan fingerprint density at radius 3 is 1.81 bits per heavy atom. The second kappa shape index (κ2) is 16.0. The minimum atomic E-state index is -2.28. The van der Waals surface area contributed by atoms with Gasteiger partial charge in [-0.2, -0.15) is 0 Å². The molecule has 0 radical (unpaired) electrons. The van der Waals surface area contributed by atoms with E-state index in [1.165, 1.54) is 0 Å². The van der Waals surface area contributed by atoms with Gasteiger partial charge < -0.3 is 23.7 Å². The van der Waals surface area contributed by atoms with Gasteiger partial charge in [0.05, 0.1) is 39.6 Å². The third-order valence-corrected chi connectivity index (χ3v) is 12.3. The molecule has 0 aliphatic heterocycles. The maximum atomic E-state index is 11.7. The molecule has 0 saturated carbocycles. The molecule has 9 heteroatoms. The Hall–Kier alpha value is -3.01. The Morgan fingerprint density at radius 2 is 1.31 bits per heavy atom. The average molecular weight is 592 g/mol. The van der Waals surface area contributed by atoms with Crippen LogP contribution < -0.4 is 0 Å². The lowest BCUT2D eigenvalue weighted by Gasteiger charge is -2.45. The summed E-state index contributed by atoms with van der Waals surface area (Å²) in [4.78, 5) is 3.06. The second-order valence-electron chi connectivity index (χ2n) is 12.1. The van der Waals surface area contributed by atoms with Crippen LogP contribution in [0.1, 0.15) is 37.5 Å². The predicted molar refractivity (Wildman–Crippen MR) is 168 cm³/mol. The van der Waals surface area contributed by atoms with Crippen LogP contribution in [0.25, 0.3) is 10.4 Å². The van der Waals surface area contributed by atoms with E-state index in [0.717, 1.165) is 16.7 Å². The van der Waals surface area contributed by atoms with Crippen LogP contribution in [0.3, 0.4) is 0 Å². The summed E-state index contributed by atoms with van der Waals surface area (Å²) in [6.07, 6.45) is -2.04. The maximum absolute atomic E-state index is 11.7. The molecule has 8 nitrogen and oxygen atoms in total. The van der Waals surface area contributed by atoms with Crippen molar-refractivity contribution in [1.29, 1.82) is 0 Å². The van der Waals surface area contributed by atoms with Crippen molar-refractivity contribution in [3.8, 4) is 0 Å². The summed E-state index contributed by atoms with van der Waals surface area (Å²) in [5, 5.41) is 15.6. The van der Waals surface area contributed by atoms with Crippen LogP contribution in [0.15, 0.2) is 96.1 Å². The van der Waals surface area contributed by atoms with Gasteiger partial charge in [-0.3, -0.25) is 0 Å². The maximum Gasteiger partial charge on any atom is 0.192 e. The van der Waals surface area contributed by atoms with Crippen molar-refractivity contribution in [2.45, 2.75) is 76.5 Å². The van der Waals surface area contributed by atoms with Crippen LogP contribution in [0, 0.1) is 0 Å². The molecule has 0 amide bonds. The van der Waals surface area contributed by atoms with E-state index in [0.29, 0.717) is 6.61 Å². The van der Waals surface area contributed by atoms with Crippen molar-refractivity contribution in [2.24, 2.45) is 5.11 Å². The van der Waals surface area contributed by atoms with Gasteiger partial charge in [-0.05, 0) is 40.4 Å². The van der Waals surface area contributed by atoms with Crippen LogP contribution in [0.5, 0.6) is 0 Å². The minimum absolute atomic E-state index is 0.0127. The zero-order valence-electron chi connectivity index (χ0n) is 25.5. The molecule has 0 heterocycles. The van der Waals surface area contributed by atoms with Gasteiger partial charge in [0.15, 0.2) is 8.32 Å². The standard InChI is InChI=1S/C33H45N3O5Si/c1-32(2,3)42(4,5)41-26-33(25-35-36-34,40-23-29-19-13-8-14-20-29)31(39-22-28-17-11-7-12-18-28)30(37)24-38-21-27-15-9-6-10-16-27/h6-20,30-31,37H,21-26H2,1-5H3/t30-,31-,33+/m0/s1. The number of aliphatic hydroxyl groups is 1. The molecule has 3 aromatic rings. The van der Waals surface area contributed by atoms with E-state index in [1.54, 1.807) is 0 Å². The molecule has 0 aromatic heterocycles. The molecule has 42 heavy (non-hydrogen) atoms. The average Bonchev–Trinajstić information content (AvgIpc) is 2.98. The fraction of sp³-hybridized carbons (Fsp3) is 0.455. The van der Waals surface area contributed by atoms with Crippen LogP contribution in [0.4, 0.5) is 0 Å². The molecule has 0 aliphatic carbocycles. The Bertz CT molecular complexity index is 1230. The summed E-state index contributed by atoms with van der Waals surface area (Å²) < 4.78 is 25.8. The molecule has 0 unspecified atom stereocenters. The van der Waals surface area contributed by atoms with E-state index in [1.807, 2.05) is 91.0 Å². The van der Waals surface area contributed by atoms with E-state index < -0.39 is 26.1 Å². The van der Waals surface area contributed by atoms with Gasteiger partial charge in [0.25, 0.3) is 0 Å². The Labute approximate surface area is 251 Å². The number of hydrogen-bond acceptors (Lipinski definition) is 6. The first-order valence-electron chi connectivity index (χ1n) is 14.3. The third kappa shape index (κ3) is 10.1. The lowest BCUT2D eigenvalue weighted by Crippen LogP contribution is -2.60. The van der Waals surface area contributed by atoms with Gasteiger partial charge in [0, 0.05) is 4.91 Å². The van der Waals surface area contributed by atoms with Crippen molar-refractivity contribution in [2.75, 3.05) is 19.8 Å². The van der Waals surface area contributed by atoms with E-state index in [4.69, 9.17) is 18.6 Å². The number of rotatable bonds is 17. The summed E-state index contributed by atoms with van der Waals surface area (Å²) in [6, 6.07) is 29.3. The van der Waals surface area contributed by atoms with E-state index >= 15 is 0 Å². The SMILES string of the molecule is CC(C)(C)[Si](C)(C)OC[C@@](CN=[N+]=[N-])(OCc1ccccc1)[C@@H](OCc1ccccc1)[C@@H](O)COCc1ccccc1. The predicted octanol–water partition coefficient (Wildman–Crippen LogP) is 7.44. The normalized spacial score (nSPS) is 14.9. The molecule has 0 bridgehead atoms. The molecular weight excluding hydrogens is 546 g/mol. The number of azide groups is 1. The van der Waals surface area contributed by atoms with Gasteiger partial charge in [-0.25, -0.2) is 0 Å². The molecule has 226 valence electrons. The fourth-order valence-corrected chi connectivity index (χ4v) is 5.23. The summed E-state index contributed by atoms with van der Waals surface area (Å²) in [5.74, 6) is 0. The summed E-state index contributed by atoms with van der Waals surface area (Å²) >= 11 is 0. The topological polar surface area (TPSA) is 106 Å². The highest BCUT2D eigenvalue weighted by Gasteiger charge is 2.48. The van der Waals surface area contributed by atoms with Gasteiger partial charge in [-0.15, -0.1) is 0 Å². The lowest BCUT2D eigenvalue weighted by atomic mass is 9.92. The van der Waals surface area contributed by atoms with Gasteiger partial charge >= 0.3 is 0 Å². The summed E-state index contributed by atoms with van der Waals surface area (Å²) in [5.41, 5.74) is 11.0. The molecule has 3 aromatic carbocycles. The van der Waals surface area contributed by atoms with Gasteiger partial charge in [0.1, 0.15) is 17.8 Å². The highest BCUT2D eigenvalue weighted by molar-refractivity contribution is 6.74. The van der Waals surface area contributed by atoms with Crippen molar-refractivity contribution in [3.63, 3.8) is 0 Å². The zero-order valence-corrected chi connectivity index (χ0v) is 26.5. The monoisotopic (exact) mass is 591 g/mol. The summed E-state index contributed by atoms with van der Waals surface area (Å²) in [7, 11) is -2.28. The Kier molecular flexibility index (Phi) is 12.8. The Morgan fingerprint density at radius 1 is 0.810 bits per heavy atom. The molecule has 3 rings (SSSR count). The Balaban J connectivity index is 1.97. The quantitative estimate of drug-likeness (QED) is 0.0760. The van der Waals surface area contributed by atoms with Gasteiger partial charge in [-0.1, -0.05) is 117 Å². The smallest absolute Gasteiger partial charge is 0.192 e. The second-order valence-corrected chi connectivity index (χ2v) is 16.9. The lowest BCUT2D eigenvalue weighted by molar-refractivity contribution is -0.207. The van der Waals surface area contributed by atoms with Crippen LogP contribution in [-0.2, 0) is 38.5 Å². The van der Waals surface area contributed by atoms with Crippen LogP contribution >= 0.6 is 0 Å². The highest BCUT2D eigenvalue weighted by atomic mass is 28.4. The molecule has 3 atom stereocenters. The summed E-state index contributed by atoms with van der Waals surface area (Å²) in [6.45, 7) is 11.5. The first-order chi connectivity index (χ1) is 20.1. The number of nitrogens with zero attached hydrogens (tertiary/aromatic N) is 3. The highest BCUT2D eigenvalue weighted by Crippen LogP contribution is 2.38. The molecule has 0 spiro atoms. The van der Waals surface area contributed by atoms with Crippen LogP contribution in [-0.4, -0.2) is 51.0 Å². The largest absolute Gasteiger partial charge is 0.414 e. The number of hydrogen-bond donors (Lipinski definition) is 1. The molecule has 0 fully saturated rings. The number of benzene rings is 3. The fourth-order valence-electron chi connectivity index (χ4n) is 4.19. The minimum Gasteiger partial charge on any atom is -0.414 e. The number of ether oxygens (including phenoxy) is 3. The van der Waals surface area contributed by atoms with Gasteiger partial charge in [0.2, 0.25) is 0 Å². The van der Waals surface area contributed by atoms with E-state index in [9.17, 15) is 10.6 Å². The molecule has 0 saturated heterocycles.